The summed E-state index contributed by atoms with van der Waals surface area (Å²) in [5.74, 6) is 0.675. The Balaban J connectivity index is 1.96. The normalized spacial score (nSPS) is 13.9. The summed E-state index contributed by atoms with van der Waals surface area (Å²) in [6.45, 7) is 4.70. The number of benzene rings is 2. The first kappa shape index (κ1) is 14.6. The first-order valence-electron chi connectivity index (χ1n) is 7.82. The Morgan fingerprint density at radius 1 is 1.09 bits per heavy atom. The Bertz CT molecular complexity index is 679. The number of para-hydroxylation sites is 2. The van der Waals surface area contributed by atoms with Gasteiger partial charge in [0, 0.05) is 12.2 Å². The number of hydrogen-bond acceptors (Lipinski definition) is 2. The number of hydrogen-bond donors (Lipinski definition) is 0. The quantitative estimate of drug-likeness (QED) is 0.854. The lowest BCUT2D eigenvalue weighted by Crippen LogP contribution is -2.35. The van der Waals surface area contributed by atoms with Crippen LogP contribution in [0.5, 0.6) is 5.75 Å². The number of ether oxygens (including phenoxy) is 1. The fourth-order valence-electron chi connectivity index (χ4n) is 2.89. The molecule has 1 heterocycles. The van der Waals surface area contributed by atoms with Crippen molar-refractivity contribution in [1.82, 2.24) is 0 Å². The second-order valence-electron chi connectivity index (χ2n) is 5.85. The van der Waals surface area contributed by atoms with Gasteiger partial charge in [-0.2, -0.15) is 0 Å². The summed E-state index contributed by atoms with van der Waals surface area (Å²) in [6, 6.07) is 15.6. The molecule has 1 amide bonds. The number of carbonyl (C=O) groups excluding carboxylic acids is 1. The van der Waals surface area contributed by atoms with Crippen LogP contribution in [0.4, 0.5) is 5.69 Å². The largest absolute Gasteiger partial charge is 0.490 e. The van der Waals surface area contributed by atoms with Crippen molar-refractivity contribution in [2.24, 2.45) is 0 Å². The van der Waals surface area contributed by atoms with E-state index in [4.69, 9.17) is 4.74 Å². The summed E-state index contributed by atoms with van der Waals surface area (Å²) in [6.07, 6.45) is 2.07. The monoisotopic (exact) mass is 295 g/mol. The Labute approximate surface area is 131 Å². The van der Waals surface area contributed by atoms with Crippen molar-refractivity contribution in [2.75, 3.05) is 11.4 Å². The number of carbonyl (C=O) groups is 1. The van der Waals surface area contributed by atoms with E-state index in [2.05, 4.69) is 6.07 Å². The van der Waals surface area contributed by atoms with Crippen molar-refractivity contribution in [3.63, 3.8) is 0 Å². The lowest BCUT2D eigenvalue weighted by molar-refractivity contribution is 0.0979. The van der Waals surface area contributed by atoms with Crippen LogP contribution in [-0.4, -0.2) is 18.6 Å². The number of fused-ring (bicyclic) bond motifs is 1. The van der Waals surface area contributed by atoms with Gasteiger partial charge in [-0.3, -0.25) is 4.79 Å². The highest BCUT2D eigenvalue weighted by molar-refractivity contribution is 6.08. The summed E-state index contributed by atoms with van der Waals surface area (Å²) in [4.78, 5) is 14.9. The third-order valence-electron chi connectivity index (χ3n) is 3.84. The second kappa shape index (κ2) is 6.22. The molecule has 0 spiro atoms. The Morgan fingerprint density at radius 3 is 2.64 bits per heavy atom. The van der Waals surface area contributed by atoms with Gasteiger partial charge >= 0.3 is 0 Å². The van der Waals surface area contributed by atoms with Gasteiger partial charge in [0.1, 0.15) is 5.75 Å². The third-order valence-corrected chi connectivity index (χ3v) is 3.84. The summed E-state index contributed by atoms with van der Waals surface area (Å²) < 4.78 is 5.80. The Kier molecular flexibility index (Phi) is 4.14. The maximum absolute atomic E-state index is 13.0. The van der Waals surface area contributed by atoms with Crippen molar-refractivity contribution in [2.45, 2.75) is 32.8 Å². The van der Waals surface area contributed by atoms with E-state index in [9.17, 15) is 4.79 Å². The van der Waals surface area contributed by atoms with Crippen LogP contribution in [0, 0.1) is 0 Å². The molecule has 0 N–H and O–H groups in total. The maximum Gasteiger partial charge on any atom is 0.262 e. The molecule has 0 aromatic heterocycles. The van der Waals surface area contributed by atoms with Gasteiger partial charge in [-0.1, -0.05) is 30.3 Å². The molecule has 0 atom stereocenters. The lowest BCUT2D eigenvalue weighted by atomic mass is 10.0. The Hall–Kier alpha value is -2.29. The number of aryl methyl sites for hydroxylation is 1. The topological polar surface area (TPSA) is 29.5 Å². The van der Waals surface area contributed by atoms with Gasteiger partial charge in [0.15, 0.2) is 0 Å². The predicted octanol–water partition coefficient (Wildman–Crippen LogP) is 4.07. The van der Waals surface area contributed by atoms with Gasteiger partial charge in [-0.25, -0.2) is 0 Å². The van der Waals surface area contributed by atoms with Crippen LogP contribution in [-0.2, 0) is 6.42 Å². The highest BCUT2D eigenvalue weighted by Gasteiger charge is 2.25. The van der Waals surface area contributed by atoms with Gasteiger partial charge in [-0.05, 0) is 50.5 Å². The minimum absolute atomic E-state index is 0.0170. The molecule has 0 fully saturated rings. The number of rotatable bonds is 3. The third kappa shape index (κ3) is 2.84. The average Bonchev–Trinajstić information content (AvgIpc) is 2.54. The molecule has 3 heteroatoms. The van der Waals surface area contributed by atoms with Crippen LogP contribution in [0.15, 0.2) is 48.5 Å². The Morgan fingerprint density at radius 2 is 1.82 bits per heavy atom. The van der Waals surface area contributed by atoms with E-state index in [1.165, 1.54) is 5.56 Å². The van der Waals surface area contributed by atoms with Crippen molar-refractivity contribution >= 4 is 11.6 Å². The van der Waals surface area contributed by atoms with Crippen LogP contribution in [0.2, 0.25) is 0 Å². The molecular weight excluding hydrogens is 274 g/mol. The smallest absolute Gasteiger partial charge is 0.262 e. The molecule has 0 bridgehead atoms. The van der Waals surface area contributed by atoms with E-state index < -0.39 is 0 Å². The molecule has 0 saturated heterocycles. The molecular formula is C19H21NO2. The van der Waals surface area contributed by atoms with Crippen LogP contribution in [0.1, 0.15) is 36.2 Å². The average molecular weight is 295 g/mol. The van der Waals surface area contributed by atoms with Gasteiger partial charge in [0.05, 0.1) is 11.7 Å². The van der Waals surface area contributed by atoms with E-state index >= 15 is 0 Å². The van der Waals surface area contributed by atoms with Gasteiger partial charge in [0.2, 0.25) is 0 Å². The minimum atomic E-state index is 0.0170. The first-order valence-corrected chi connectivity index (χ1v) is 7.82. The van der Waals surface area contributed by atoms with E-state index in [1.54, 1.807) is 0 Å². The molecule has 22 heavy (non-hydrogen) atoms. The predicted molar refractivity (Wildman–Crippen MR) is 88.6 cm³/mol. The molecule has 0 saturated carbocycles. The molecule has 0 aliphatic carbocycles. The fourth-order valence-corrected chi connectivity index (χ4v) is 2.89. The summed E-state index contributed by atoms with van der Waals surface area (Å²) in [7, 11) is 0. The molecule has 3 rings (SSSR count). The van der Waals surface area contributed by atoms with Crippen molar-refractivity contribution in [3.05, 3.63) is 59.7 Å². The van der Waals surface area contributed by atoms with Crippen LogP contribution < -0.4 is 9.64 Å². The highest BCUT2D eigenvalue weighted by Crippen LogP contribution is 2.30. The summed E-state index contributed by atoms with van der Waals surface area (Å²) in [5.41, 5.74) is 2.90. The number of amides is 1. The van der Waals surface area contributed by atoms with Gasteiger partial charge in [0.25, 0.3) is 5.91 Å². The lowest BCUT2D eigenvalue weighted by Gasteiger charge is -2.30. The van der Waals surface area contributed by atoms with Crippen molar-refractivity contribution < 1.29 is 9.53 Å². The maximum atomic E-state index is 13.0. The molecule has 2 aromatic rings. The molecule has 2 aromatic carbocycles. The highest BCUT2D eigenvalue weighted by atomic mass is 16.5. The summed E-state index contributed by atoms with van der Waals surface area (Å²) in [5, 5.41) is 0. The van der Waals surface area contributed by atoms with E-state index in [0.29, 0.717) is 11.3 Å². The van der Waals surface area contributed by atoms with E-state index in [0.717, 1.165) is 25.1 Å². The standard InChI is InChI=1S/C19H21NO2/c1-14(2)22-18-12-6-4-10-16(18)19(21)20-13-7-9-15-8-3-5-11-17(15)20/h3-6,8,10-12,14H,7,9,13H2,1-2H3. The van der Waals surface area contributed by atoms with Gasteiger partial charge in [-0.15, -0.1) is 0 Å². The molecule has 1 aliphatic heterocycles. The zero-order valence-electron chi connectivity index (χ0n) is 13.1. The zero-order valence-corrected chi connectivity index (χ0v) is 13.1. The molecule has 0 radical (unpaired) electrons. The van der Waals surface area contributed by atoms with Crippen LogP contribution in [0.25, 0.3) is 0 Å². The molecule has 1 aliphatic rings. The van der Waals surface area contributed by atoms with E-state index in [-0.39, 0.29) is 12.0 Å². The fraction of sp³-hybridized carbons (Fsp3) is 0.316. The minimum Gasteiger partial charge on any atom is -0.490 e. The summed E-state index contributed by atoms with van der Waals surface area (Å²) >= 11 is 0. The number of nitrogens with zero attached hydrogens (tertiary/aromatic N) is 1. The molecule has 0 unspecified atom stereocenters. The van der Waals surface area contributed by atoms with Crippen LogP contribution in [0.3, 0.4) is 0 Å². The SMILES string of the molecule is CC(C)Oc1ccccc1C(=O)N1CCCc2ccccc21. The zero-order chi connectivity index (χ0) is 15.5. The van der Waals surface area contributed by atoms with E-state index in [1.807, 2.05) is 61.2 Å². The molecule has 114 valence electrons. The van der Waals surface area contributed by atoms with Crippen LogP contribution >= 0.6 is 0 Å². The first-order chi connectivity index (χ1) is 10.7. The van der Waals surface area contributed by atoms with Gasteiger partial charge < -0.3 is 9.64 Å². The second-order valence-corrected chi connectivity index (χ2v) is 5.85. The van der Waals surface area contributed by atoms with Crippen molar-refractivity contribution in [1.29, 1.82) is 0 Å². The molecule has 3 nitrogen and oxygen atoms in total. The number of anilines is 1. The van der Waals surface area contributed by atoms with Crippen molar-refractivity contribution in [3.8, 4) is 5.75 Å².